The molecular formula is C18H14F3NO4. The summed E-state index contributed by atoms with van der Waals surface area (Å²) in [4.78, 5) is 10.6. The average molecular weight is 365 g/mol. The van der Waals surface area contributed by atoms with Gasteiger partial charge in [-0.15, -0.1) is 0 Å². The molecule has 2 aromatic carbocycles. The Morgan fingerprint density at radius 2 is 1.92 bits per heavy atom. The maximum absolute atomic E-state index is 13.2. The number of amides is 1. The van der Waals surface area contributed by atoms with Crippen LogP contribution in [0.5, 0.6) is 0 Å². The van der Waals surface area contributed by atoms with Crippen LogP contribution in [0.25, 0.3) is 22.1 Å². The van der Waals surface area contributed by atoms with E-state index in [1.54, 1.807) is 30.3 Å². The van der Waals surface area contributed by atoms with E-state index >= 15 is 0 Å². The molecule has 3 rings (SSSR count). The van der Waals surface area contributed by atoms with E-state index in [1.807, 2.05) is 0 Å². The first kappa shape index (κ1) is 17.8. The van der Waals surface area contributed by atoms with Gasteiger partial charge in [0.1, 0.15) is 17.4 Å². The van der Waals surface area contributed by atoms with Crippen LogP contribution in [0.3, 0.4) is 0 Å². The highest BCUT2D eigenvalue weighted by atomic mass is 19.4. The van der Waals surface area contributed by atoms with Gasteiger partial charge >= 0.3 is 12.3 Å². The van der Waals surface area contributed by atoms with E-state index in [1.165, 1.54) is 6.07 Å². The number of aliphatic hydroxyl groups is 1. The lowest BCUT2D eigenvalue weighted by Crippen LogP contribution is -2.19. The predicted octanol–water partition coefficient (Wildman–Crippen LogP) is 4.38. The number of hydrogen-bond donors (Lipinski definition) is 3. The smallest absolute Gasteiger partial charge is 0.420 e. The van der Waals surface area contributed by atoms with Crippen molar-refractivity contribution in [3.8, 4) is 11.1 Å². The summed E-state index contributed by atoms with van der Waals surface area (Å²) in [6, 6.07) is 9.49. The van der Waals surface area contributed by atoms with Crippen LogP contribution in [-0.4, -0.2) is 16.3 Å². The molecule has 0 aliphatic rings. The van der Waals surface area contributed by atoms with Gasteiger partial charge in [0.15, 0.2) is 0 Å². The molecule has 3 aromatic rings. The number of carbonyl (C=O) groups is 1. The Bertz CT molecular complexity index is 963. The number of fused-ring (bicyclic) bond motifs is 1. The maximum atomic E-state index is 13.2. The van der Waals surface area contributed by atoms with Gasteiger partial charge < -0.3 is 19.9 Å². The molecule has 0 aliphatic heterocycles. The molecule has 0 saturated carbocycles. The second-order valence-electron chi connectivity index (χ2n) is 5.68. The molecule has 0 atom stereocenters. The largest absolute Gasteiger partial charge is 0.465 e. The van der Waals surface area contributed by atoms with Crippen LogP contribution in [0.2, 0.25) is 0 Å². The lowest BCUT2D eigenvalue weighted by Gasteiger charge is -2.09. The van der Waals surface area contributed by atoms with Crippen LogP contribution in [0.15, 0.2) is 47.1 Å². The number of furan rings is 1. The van der Waals surface area contributed by atoms with Crippen molar-refractivity contribution in [3.63, 3.8) is 0 Å². The van der Waals surface area contributed by atoms with Gasteiger partial charge in [0.2, 0.25) is 0 Å². The molecule has 0 spiro atoms. The Morgan fingerprint density at radius 1 is 1.15 bits per heavy atom. The zero-order valence-corrected chi connectivity index (χ0v) is 13.3. The quantitative estimate of drug-likeness (QED) is 0.641. The van der Waals surface area contributed by atoms with Crippen LogP contribution >= 0.6 is 0 Å². The standard InChI is InChI=1S/C18H14F3NO4/c19-18(20,21)15-9-26-16-13(5-11(8-23)6-14(15)16)12-3-1-2-10(4-12)7-22-17(24)25/h1-6,9,22-23H,7-8H2,(H,24,25). The number of carboxylic acid groups (broad SMARTS) is 1. The average Bonchev–Trinajstić information content (AvgIpc) is 3.03. The Hall–Kier alpha value is -3.00. The summed E-state index contributed by atoms with van der Waals surface area (Å²) in [5.74, 6) is 0. The second-order valence-corrected chi connectivity index (χ2v) is 5.68. The molecule has 0 fully saturated rings. The summed E-state index contributed by atoms with van der Waals surface area (Å²) in [5.41, 5.74) is 1.03. The van der Waals surface area contributed by atoms with Crippen molar-refractivity contribution in [3.05, 3.63) is 59.4 Å². The zero-order chi connectivity index (χ0) is 18.9. The van der Waals surface area contributed by atoms with Crippen molar-refractivity contribution in [2.24, 2.45) is 0 Å². The Morgan fingerprint density at radius 3 is 2.58 bits per heavy atom. The molecule has 3 N–H and O–H groups in total. The van der Waals surface area contributed by atoms with Gasteiger partial charge in [0.25, 0.3) is 0 Å². The van der Waals surface area contributed by atoms with Crippen molar-refractivity contribution in [2.75, 3.05) is 0 Å². The Labute approximate surface area is 145 Å². The Balaban J connectivity index is 2.14. The van der Waals surface area contributed by atoms with Crippen molar-refractivity contribution in [1.82, 2.24) is 5.32 Å². The number of hydrogen-bond acceptors (Lipinski definition) is 3. The highest BCUT2D eigenvalue weighted by molar-refractivity contribution is 5.95. The summed E-state index contributed by atoms with van der Waals surface area (Å²) >= 11 is 0. The molecule has 8 heteroatoms. The Kier molecular flexibility index (Phi) is 4.60. The summed E-state index contributed by atoms with van der Waals surface area (Å²) < 4.78 is 44.7. The third-order valence-corrected chi connectivity index (χ3v) is 3.90. The van der Waals surface area contributed by atoms with Crippen molar-refractivity contribution in [1.29, 1.82) is 0 Å². The van der Waals surface area contributed by atoms with E-state index in [0.717, 1.165) is 0 Å². The lowest BCUT2D eigenvalue weighted by molar-refractivity contribution is -0.136. The number of nitrogens with one attached hydrogen (secondary N) is 1. The topological polar surface area (TPSA) is 82.7 Å². The first-order valence-electron chi connectivity index (χ1n) is 7.58. The molecule has 1 aromatic heterocycles. The summed E-state index contributed by atoms with van der Waals surface area (Å²) in [5, 5.41) is 20.2. The van der Waals surface area contributed by atoms with E-state index in [-0.39, 0.29) is 17.5 Å². The highest BCUT2D eigenvalue weighted by Gasteiger charge is 2.35. The van der Waals surface area contributed by atoms with Gasteiger partial charge in [-0.1, -0.05) is 18.2 Å². The van der Waals surface area contributed by atoms with Crippen LogP contribution < -0.4 is 5.32 Å². The number of halogens is 3. The third-order valence-electron chi connectivity index (χ3n) is 3.90. The van der Waals surface area contributed by atoms with Gasteiger partial charge in [-0.05, 0) is 34.9 Å². The molecule has 0 unspecified atom stereocenters. The van der Waals surface area contributed by atoms with Crippen LogP contribution in [0, 0.1) is 0 Å². The molecule has 1 heterocycles. The van der Waals surface area contributed by atoms with Crippen LogP contribution in [-0.2, 0) is 19.3 Å². The first-order valence-corrected chi connectivity index (χ1v) is 7.58. The molecule has 0 aliphatic carbocycles. The van der Waals surface area contributed by atoms with Crippen LogP contribution in [0.1, 0.15) is 16.7 Å². The van der Waals surface area contributed by atoms with Gasteiger partial charge in [-0.3, -0.25) is 0 Å². The summed E-state index contributed by atoms with van der Waals surface area (Å²) in [7, 11) is 0. The third kappa shape index (κ3) is 3.50. The molecule has 0 bridgehead atoms. The minimum atomic E-state index is -4.58. The predicted molar refractivity (Wildman–Crippen MR) is 87.4 cm³/mol. The van der Waals surface area contributed by atoms with E-state index in [0.29, 0.717) is 28.5 Å². The molecule has 26 heavy (non-hydrogen) atoms. The monoisotopic (exact) mass is 365 g/mol. The molecule has 5 nitrogen and oxygen atoms in total. The van der Waals surface area contributed by atoms with E-state index < -0.39 is 24.4 Å². The summed E-state index contributed by atoms with van der Waals surface area (Å²) in [6.45, 7) is -0.371. The highest BCUT2D eigenvalue weighted by Crippen LogP contribution is 2.40. The minimum Gasteiger partial charge on any atom is -0.465 e. The molecular weight excluding hydrogens is 351 g/mol. The molecule has 0 saturated heterocycles. The fourth-order valence-electron chi connectivity index (χ4n) is 2.75. The zero-order valence-electron chi connectivity index (χ0n) is 13.3. The van der Waals surface area contributed by atoms with Crippen molar-refractivity contribution >= 4 is 17.1 Å². The molecule has 0 radical (unpaired) electrons. The van der Waals surface area contributed by atoms with E-state index in [4.69, 9.17) is 9.52 Å². The van der Waals surface area contributed by atoms with Gasteiger partial charge in [-0.2, -0.15) is 13.2 Å². The second kappa shape index (κ2) is 6.72. The number of alkyl halides is 3. The minimum absolute atomic E-state index is 0.0535. The van der Waals surface area contributed by atoms with E-state index in [2.05, 4.69) is 5.32 Å². The summed E-state index contributed by atoms with van der Waals surface area (Å²) in [6.07, 6.45) is -5.10. The SMILES string of the molecule is O=C(O)NCc1cccc(-c2cc(CO)cc3c(C(F)(F)F)coc23)c1. The van der Waals surface area contributed by atoms with Crippen molar-refractivity contribution < 1.29 is 32.6 Å². The molecule has 136 valence electrons. The van der Waals surface area contributed by atoms with E-state index in [9.17, 15) is 23.1 Å². The first-order chi connectivity index (χ1) is 12.3. The molecule has 1 amide bonds. The number of benzene rings is 2. The normalized spacial score (nSPS) is 11.7. The lowest BCUT2D eigenvalue weighted by atomic mass is 9.97. The van der Waals surface area contributed by atoms with Crippen LogP contribution in [0.4, 0.5) is 18.0 Å². The van der Waals surface area contributed by atoms with Gasteiger partial charge in [0.05, 0.1) is 6.61 Å². The van der Waals surface area contributed by atoms with Gasteiger partial charge in [0, 0.05) is 17.5 Å². The fraction of sp³-hybridized carbons (Fsp3) is 0.167. The van der Waals surface area contributed by atoms with Crippen molar-refractivity contribution in [2.45, 2.75) is 19.3 Å². The van der Waals surface area contributed by atoms with Gasteiger partial charge in [-0.25, -0.2) is 4.79 Å². The maximum Gasteiger partial charge on any atom is 0.420 e. The number of aliphatic hydroxyl groups excluding tert-OH is 1. The number of rotatable bonds is 4. The fourth-order valence-corrected chi connectivity index (χ4v) is 2.75.